The molecular weight excluding hydrogens is 332 g/mol. The molecule has 2 fully saturated rings. The predicted octanol–water partition coefficient (Wildman–Crippen LogP) is 0.441. The Morgan fingerprint density at radius 3 is 2.08 bits per heavy atom. The first-order valence-electron chi connectivity index (χ1n) is 9.34. The highest BCUT2D eigenvalue weighted by molar-refractivity contribution is 5.56. The number of rotatable bonds is 8. The van der Waals surface area contributed by atoms with E-state index in [2.05, 4.69) is 31.5 Å². The molecule has 2 aliphatic rings. The lowest BCUT2D eigenvalue weighted by atomic mass is 10.2. The third-order valence-corrected chi connectivity index (χ3v) is 4.68. The molecule has 0 radical (unpaired) electrons. The second kappa shape index (κ2) is 10.3. The molecule has 0 spiro atoms. The zero-order chi connectivity index (χ0) is 18.0. The van der Waals surface area contributed by atoms with E-state index in [-0.39, 0.29) is 0 Å². The molecule has 0 unspecified atom stereocenters. The number of anilines is 2. The van der Waals surface area contributed by atoms with Crippen molar-refractivity contribution in [2.75, 3.05) is 89.4 Å². The van der Waals surface area contributed by atoms with Gasteiger partial charge in [0.05, 0.1) is 32.0 Å². The fraction of sp³-hybridized carbons (Fsp3) is 0.667. The molecule has 142 valence electrons. The van der Waals surface area contributed by atoms with E-state index in [9.17, 15) is 5.26 Å². The molecule has 26 heavy (non-hydrogen) atoms. The fourth-order valence-electron chi connectivity index (χ4n) is 3.11. The minimum absolute atomic E-state index is 0.575. The van der Waals surface area contributed by atoms with E-state index in [4.69, 9.17) is 9.47 Å². The normalized spacial score (nSPS) is 19.0. The van der Waals surface area contributed by atoms with Crippen LogP contribution in [0.5, 0.6) is 0 Å². The predicted molar refractivity (Wildman–Crippen MR) is 100 cm³/mol. The van der Waals surface area contributed by atoms with Gasteiger partial charge >= 0.3 is 0 Å². The minimum atomic E-state index is 0.575. The molecule has 8 nitrogen and oxygen atoms in total. The van der Waals surface area contributed by atoms with Crippen LogP contribution in [-0.4, -0.2) is 93.6 Å². The first kappa shape index (κ1) is 18.9. The number of hydrogen-bond donors (Lipinski definition) is 2. The molecule has 0 aromatic carbocycles. The summed E-state index contributed by atoms with van der Waals surface area (Å²) in [7, 11) is 0. The molecule has 0 amide bonds. The topological polar surface area (TPSA) is 85.7 Å². The summed E-state index contributed by atoms with van der Waals surface area (Å²) in [6.07, 6.45) is 0. The first-order chi connectivity index (χ1) is 12.8. The number of morpholine rings is 2. The average Bonchev–Trinajstić information content (AvgIpc) is 2.70. The summed E-state index contributed by atoms with van der Waals surface area (Å²) in [5, 5.41) is 16.0. The molecule has 0 atom stereocenters. The molecule has 0 aliphatic carbocycles. The molecule has 3 rings (SSSR count). The SMILES string of the molecule is N#Cc1ccc(NCCN2CCOCC2)nc1NCCN1CCOCC1. The smallest absolute Gasteiger partial charge is 0.146 e. The van der Waals surface area contributed by atoms with E-state index >= 15 is 0 Å². The van der Waals surface area contributed by atoms with Gasteiger partial charge in [-0.3, -0.25) is 9.80 Å². The van der Waals surface area contributed by atoms with Crippen LogP contribution in [0.15, 0.2) is 12.1 Å². The van der Waals surface area contributed by atoms with Crippen molar-refractivity contribution < 1.29 is 9.47 Å². The zero-order valence-corrected chi connectivity index (χ0v) is 15.2. The van der Waals surface area contributed by atoms with Crippen LogP contribution in [0.3, 0.4) is 0 Å². The average molecular weight is 360 g/mol. The lowest BCUT2D eigenvalue weighted by molar-refractivity contribution is 0.0398. The van der Waals surface area contributed by atoms with Gasteiger partial charge in [-0.05, 0) is 12.1 Å². The molecule has 2 N–H and O–H groups in total. The van der Waals surface area contributed by atoms with Gasteiger partial charge in [0.25, 0.3) is 0 Å². The number of pyridine rings is 1. The van der Waals surface area contributed by atoms with Crippen LogP contribution in [0, 0.1) is 11.3 Å². The second-order valence-electron chi connectivity index (χ2n) is 6.47. The van der Waals surface area contributed by atoms with Crippen LogP contribution < -0.4 is 10.6 Å². The summed E-state index contributed by atoms with van der Waals surface area (Å²) in [6.45, 7) is 10.6. The molecule has 0 bridgehead atoms. The van der Waals surface area contributed by atoms with Gasteiger partial charge in [0, 0.05) is 52.4 Å². The van der Waals surface area contributed by atoms with Crippen LogP contribution in [-0.2, 0) is 9.47 Å². The van der Waals surface area contributed by atoms with Crippen molar-refractivity contribution in [1.29, 1.82) is 5.26 Å². The molecular formula is C18H28N6O2. The number of hydrogen-bond acceptors (Lipinski definition) is 8. The van der Waals surface area contributed by atoms with E-state index in [0.29, 0.717) is 11.4 Å². The van der Waals surface area contributed by atoms with Crippen molar-refractivity contribution in [3.63, 3.8) is 0 Å². The molecule has 3 heterocycles. The van der Waals surface area contributed by atoms with Gasteiger partial charge in [-0.1, -0.05) is 0 Å². The maximum absolute atomic E-state index is 9.31. The Morgan fingerprint density at radius 1 is 0.923 bits per heavy atom. The van der Waals surface area contributed by atoms with Gasteiger partial charge in [-0.25, -0.2) is 4.98 Å². The third kappa shape index (κ3) is 5.81. The third-order valence-electron chi connectivity index (χ3n) is 4.68. The number of nitriles is 1. The molecule has 0 saturated carbocycles. The summed E-state index contributed by atoms with van der Waals surface area (Å²) in [5.41, 5.74) is 0.575. The summed E-state index contributed by atoms with van der Waals surface area (Å²) in [4.78, 5) is 9.31. The summed E-state index contributed by atoms with van der Waals surface area (Å²) < 4.78 is 10.7. The van der Waals surface area contributed by atoms with Gasteiger partial charge in [0.2, 0.25) is 0 Å². The van der Waals surface area contributed by atoms with E-state index in [1.807, 2.05) is 12.1 Å². The number of nitrogens with zero attached hydrogens (tertiary/aromatic N) is 4. The van der Waals surface area contributed by atoms with Crippen molar-refractivity contribution in [3.05, 3.63) is 17.7 Å². The zero-order valence-electron chi connectivity index (χ0n) is 15.2. The van der Waals surface area contributed by atoms with Gasteiger partial charge < -0.3 is 20.1 Å². The number of aromatic nitrogens is 1. The van der Waals surface area contributed by atoms with E-state index in [0.717, 1.165) is 84.6 Å². The molecule has 8 heteroatoms. The van der Waals surface area contributed by atoms with E-state index < -0.39 is 0 Å². The van der Waals surface area contributed by atoms with Crippen LogP contribution in [0.25, 0.3) is 0 Å². The Morgan fingerprint density at radius 2 is 1.50 bits per heavy atom. The quantitative estimate of drug-likeness (QED) is 0.691. The monoisotopic (exact) mass is 360 g/mol. The van der Waals surface area contributed by atoms with Crippen molar-refractivity contribution >= 4 is 11.6 Å². The first-order valence-corrected chi connectivity index (χ1v) is 9.34. The van der Waals surface area contributed by atoms with Gasteiger partial charge in [0.1, 0.15) is 17.7 Å². The van der Waals surface area contributed by atoms with Gasteiger partial charge in [-0.15, -0.1) is 0 Å². The van der Waals surface area contributed by atoms with Crippen molar-refractivity contribution in [3.8, 4) is 6.07 Å². The van der Waals surface area contributed by atoms with Crippen LogP contribution >= 0.6 is 0 Å². The molecule has 1 aromatic heterocycles. The summed E-state index contributed by atoms with van der Waals surface area (Å²) >= 11 is 0. The Bertz CT molecular complexity index is 594. The standard InChI is InChI=1S/C18H28N6O2/c19-15-16-1-2-17(20-3-5-23-7-11-25-12-8-23)22-18(16)21-4-6-24-9-13-26-14-10-24/h1-2H,3-14H2,(H2,20,21,22). The van der Waals surface area contributed by atoms with Gasteiger partial charge in [-0.2, -0.15) is 5.26 Å². The maximum atomic E-state index is 9.31. The van der Waals surface area contributed by atoms with Crippen molar-refractivity contribution in [1.82, 2.24) is 14.8 Å². The van der Waals surface area contributed by atoms with Crippen LogP contribution in [0.4, 0.5) is 11.6 Å². The Labute approximate surface area is 155 Å². The van der Waals surface area contributed by atoms with Crippen LogP contribution in [0.2, 0.25) is 0 Å². The highest BCUT2D eigenvalue weighted by atomic mass is 16.5. The van der Waals surface area contributed by atoms with Crippen molar-refractivity contribution in [2.45, 2.75) is 0 Å². The maximum Gasteiger partial charge on any atom is 0.146 e. The van der Waals surface area contributed by atoms with E-state index in [1.54, 1.807) is 0 Å². The Hall–Kier alpha value is -1.92. The highest BCUT2D eigenvalue weighted by Gasteiger charge is 2.12. The molecule has 1 aromatic rings. The Balaban J connectivity index is 1.46. The number of ether oxygens (including phenoxy) is 2. The summed E-state index contributed by atoms with van der Waals surface area (Å²) in [6, 6.07) is 5.90. The lowest BCUT2D eigenvalue weighted by Crippen LogP contribution is -2.39. The molecule has 2 aliphatic heterocycles. The van der Waals surface area contributed by atoms with Gasteiger partial charge in [0.15, 0.2) is 0 Å². The number of nitrogens with one attached hydrogen (secondary N) is 2. The molecule has 2 saturated heterocycles. The largest absolute Gasteiger partial charge is 0.379 e. The van der Waals surface area contributed by atoms with E-state index in [1.165, 1.54) is 0 Å². The fourth-order valence-corrected chi connectivity index (χ4v) is 3.11. The highest BCUT2D eigenvalue weighted by Crippen LogP contribution is 2.15. The minimum Gasteiger partial charge on any atom is -0.379 e. The van der Waals surface area contributed by atoms with Crippen molar-refractivity contribution in [2.24, 2.45) is 0 Å². The Kier molecular flexibility index (Phi) is 7.46. The lowest BCUT2D eigenvalue weighted by Gasteiger charge is -2.27. The van der Waals surface area contributed by atoms with Crippen LogP contribution in [0.1, 0.15) is 5.56 Å². The second-order valence-corrected chi connectivity index (χ2v) is 6.47. The summed E-state index contributed by atoms with van der Waals surface area (Å²) in [5.74, 6) is 1.45.